The Morgan fingerprint density at radius 2 is 1.88 bits per heavy atom. The van der Waals surface area contributed by atoms with Gasteiger partial charge in [-0.05, 0) is 49.4 Å². The van der Waals surface area contributed by atoms with E-state index in [-0.39, 0.29) is 5.56 Å². The number of ether oxygens (including phenoxy) is 1. The third-order valence-corrected chi connectivity index (χ3v) is 6.04. The topological polar surface area (TPSA) is 80.5 Å². The van der Waals surface area contributed by atoms with E-state index in [1.807, 2.05) is 62.3 Å². The second-order valence-electron chi connectivity index (χ2n) is 8.51. The largest absolute Gasteiger partial charge is 0.491 e. The highest BCUT2D eigenvalue weighted by Crippen LogP contribution is 2.23. The predicted octanol–water partition coefficient (Wildman–Crippen LogP) is 4.67. The van der Waals surface area contributed by atoms with Crippen LogP contribution in [0.5, 0.6) is 5.75 Å². The number of fused-ring (bicyclic) bond motifs is 1. The molecule has 0 atom stereocenters. The second kappa shape index (κ2) is 10.4. The van der Waals surface area contributed by atoms with Gasteiger partial charge in [0, 0.05) is 37.4 Å². The second-order valence-corrected chi connectivity index (χ2v) is 8.51. The Balaban J connectivity index is 1.42. The van der Waals surface area contributed by atoms with Crippen LogP contribution in [0.3, 0.4) is 0 Å². The van der Waals surface area contributed by atoms with Crippen LogP contribution in [0, 0.1) is 6.92 Å². The lowest BCUT2D eigenvalue weighted by Gasteiger charge is -2.19. The molecule has 0 spiro atoms. The molecule has 0 aliphatic rings. The number of nitrogens with zero attached hydrogens (tertiary/aromatic N) is 4. The van der Waals surface area contributed by atoms with E-state index < -0.39 is 5.97 Å². The van der Waals surface area contributed by atoms with Crippen LogP contribution in [0.15, 0.2) is 60.9 Å². The highest BCUT2D eigenvalue weighted by atomic mass is 16.5. The van der Waals surface area contributed by atoms with Crippen molar-refractivity contribution in [2.24, 2.45) is 7.05 Å². The van der Waals surface area contributed by atoms with Crippen LogP contribution in [-0.4, -0.2) is 45.8 Å². The molecule has 0 bridgehead atoms. The number of hydrogen-bond donors (Lipinski definition) is 1. The molecule has 1 N–H and O–H groups in total. The maximum absolute atomic E-state index is 11.8. The van der Waals surface area contributed by atoms with Gasteiger partial charge in [0.1, 0.15) is 12.4 Å². The Hall–Kier alpha value is -3.87. The number of aromatic nitrogens is 3. The van der Waals surface area contributed by atoms with Crippen LogP contribution in [0.1, 0.15) is 33.6 Å². The number of hydrogen-bond acceptors (Lipinski definition) is 5. The summed E-state index contributed by atoms with van der Waals surface area (Å²) in [6.45, 7) is 3.06. The molecule has 176 valence electrons. The molecule has 2 aromatic heterocycles. The SMILES string of the molecule is Cc1ccccc1OCCN(C)c1ncc(C(=O)O)c(CCCc2cn(C)c3ccccc23)n1. The van der Waals surface area contributed by atoms with E-state index in [4.69, 9.17) is 4.74 Å². The number of anilines is 1. The summed E-state index contributed by atoms with van der Waals surface area (Å²) in [7, 11) is 3.93. The zero-order chi connectivity index (χ0) is 24.1. The molecule has 2 heterocycles. The van der Waals surface area contributed by atoms with Crippen molar-refractivity contribution >= 4 is 22.8 Å². The Kier molecular flexibility index (Phi) is 7.11. The Bertz CT molecular complexity index is 1300. The smallest absolute Gasteiger partial charge is 0.339 e. The zero-order valence-corrected chi connectivity index (χ0v) is 19.9. The first-order valence-corrected chi connectivity index (χ1v) is 11.5. The van der Waals surface area contributed by atoms with E-state index in [1.54, 1.807) is 0 Å². The van der Waals surface area contributed by atoms with Crippen LogP contribution in [0.2, 0.25) is 0 Å². The molecular weight excluding hydrogens is 428 g/mol. The van der Waals surface area contributed by atoms with Crippen molar-refractivity contribution < 1.29 is 14.6 Å². The van der Waals surface area contributed by atoms with Crippen molar-refractivity contribution in [2.75, 3.05) is 25.1 Å². The standard InChI is InChI=1S/C27H30N4O3/c1-19-9-4-7-14-25(19)34-16-15-30(2)27-28-17-22(26(32)33)23(29-27)12-8-10-20-18-31(3)24-13-6-5-11-21(20)24/h4-7,9,11,13-14,17-18H,8,10,12,15-16H2,1-3H3,(H,32,33). The molecule has 7 nitrogen and oxygen atoms in total. The molecule has 0 radical (unpaired) electrons. The lowest BCUT2D eigenvalue weighted by atomic mass is 10.0. The minimum atomic E-state index is -1.00. The van der Waals surface area contributed by atoms with E-state index in [2.05, 4.69) is 32.9 Å². The average molecular weight is 459 g/mol. The summed E-state index contributed by atoms with van der Waals surface area (Å²) in [6, 6.07) is 16.2. The summed E-state index contributed by atoms with van der Waals surface area (Å²) in [5, 5.41) is 10.9. The highest BCUT2D eigenvalue weighted by molar-refractivity contribution is 5.88. The van der Waals surface area contributed by atoms with Gasteiger partial charge in [-0.1, -0.05) is 36.4 Å². The minimum absolute atomic E-state index is 0.159. The summed E-state index contributed by atoms with van der Waals surface area (Å²) < 4.78 is 8.01. The van der Waals surface area contributed by atoms with Gasteiger partial charge in [-0.3, -0.25) is 0 Å². The van der Waals surface area contributed by atoms with Crippen molar-refractivity contribution in [1.29, 1.82) is 0 Å². The molecule has 4 rings (SSSR count). The monoisotopic (exact) mass is 458 g/mol. The minimum Gasteiger partial charge on any atom is -0.491 e. The first-order chi connectivity index (χ1) is 16.4. The van der Waals surface area contributed by atoms with E-state index in [1.165, 1.54) is 22.7 Å². The third-order valence-electron chi connectivity index (χ3n) is 6.04. The molecule has 34 heavy (non-hydrogen) atoms. The van der Waals surface area contributed by atoms with Gasteiger partial charge in [-0.15, -0.1) is 0 Å². The molecular formula is C27H30N4O3. The number of para-hydroxylation sites is 2. The lowest BCUT2D eigenvalue weighted by Crippen LogP contribution is -2.26. The summed E-state index contributed by atoms with van der Waals surface area (Å²) in [4.78, 5) is 22.5. The average Bonchev–Trinajstić information content (AvgIpc) is 3.15. The first kappa shape index (κ1) is 23.3. The molecule has 0 aliphatic heterocycles. The van der Waals surface area contributed by atoms with Gasteiger partial charge in [-0.25, -0.2) is 14.8 Å². The molecule has 7 heteroatoms. The van der Waals surface area contributed by atoms with Gasteiger partial charge in [0.15, 0.2) is 0 Å². The zero-order valence-electron chi connectivity index (χ0n) is 19.9. The molecule has 2 aromatic carbocycles. The fourth-order valence-corrected chi connectivity index (χ4v) is 4.14. The van der Waals surface area contributed by atoms with Crippen molar-refractivity contribution in [3.8, 4) is 5.75 Å². The van der Waals surface area contributed by atoms with Crippen LogP contribution in [0.25, 0.3) is 10.9 Å². The molecule has 4 aromatic rings. The van der Waals surface area contributed by atoms with Crippen molar-refractivity contribution in [2.45, 2.75) is 26.2 Å². The molecule has 0 fully saturated rings. The van der Waals surface area contributed by atoms with Gasteiger partial charge in [0.05, 0.1) is 17.8 Å². The van der Waals surface area contributed by atoms with Gasteiger partial charge >= 0.3 is 5.97 Å². The van der Waals surface area contributed by atoms with Crippen molar-refractivity contribution in [3.63, 3.8) is 0 Å². The Morgan fingerprint density at radius 3 is 2.68 bits per heavy atom. The number of aryl methyl sites for hydroxylation is 4. The lowest BCUT2D eigenvalue weighted by molar-refractivity contribution is 0.0694. The van der Waals surface area contributed by atoms with Crippen LogP contribution >= 0.6 is 0 Å². The Morgan fingerprint density at radius 1 is 1.12 bits per heavy atom. The van der Waals surface area contributed by atoms with E-state index >= 15 is 0 Å². The summed E-state index contributed by atoms with van der Waals surface area (Å²) in [5.74, 6) is 0.350. The van der Waals surface area contributed by atoms with Crippen LogP contribution in [-0.2, 0) is 19.9 Å². The maximum atomic E-state index is 11.8. The van der Waals surface area contributed by atoms with Gasteiger partial charge in [0.25, 0.3) is 0 Å². The van der Waals surface area contributed by atoms with Gasteiger partial charge < -0.3 is 19.3 Å². The normalized spacial score (nSPS) is 11.0. The molecule has 0 unspecified atom stereocenters. The number of aromatic carboxylic acids is 1. The first-order valence-electron chi connectivity index (χ1n) is 11.5. The van der Waals surface area contributed by atoms with Crippen LogP contribution in [0.4, 0.5) is 5.95 Å². The van der Waals surface area contributed by atoms with E-state index in [9.17, 15) is 9.90 Å². The fourth-order valence-electron chi connectivity index (χ4n) is 4.14. The number of carbonyl (C=O) groups is 1. The third kappa shape index (κ3) is 5.20. The van der Waals surface area contributed by atoms with Gasteiger partial charge in [0.2, 0.25) is 5.95 Å². The van der Waals surface area contributed by atoms with Crippen molar-refractivity contribution in [3.05, 3.63) is 83.3 Å². The number of likely N-dealkylation sites (N-methyl/N-ethyl adjacent to an activating group) is 1. The summed E-state index contributed by atoms with van der Waals surface area (Å²) in [5.41, 5.74) is 4.26. The van der Waals surface area contributed by atoms with E-state index in [0.717, 1.165) is 24.2 Å². The fraction of sp³-hybridized carbons (Fsp3) is 0.296. The van der Waals surface area contributed by atoms with Crippen LogP contribution < -0.4 is 9.64 Å². The molecule has 0 aliphatic carbocycles. The molecule has 0 saturated carbocycles. The maximum Gasteiger partial charge on any atom is 0.339 e. The van der Waals surface area contributed by atoms with Crippen molar-refractivity contribution in [1.82, 2.24) is 14.5 Å². The number of rotatable bonds is 10. The molecule has 0 saturated heterocycles. The van der Waals surface area contributed by atoms with Gasteiger partial charge in [-0.2, -0.15) is 0 Å². The number of benzene rings is 2. The summed E-state index contributed by atoms with van der Waals surface area (Å²) >= 11 is 0. The summed E-state index contributed by atoms with van der Waals surface area (Å²) in [6.07, 6.45) is 5.77. The number of carboxylic acids is 1. The predicted molar refractivity (Wildman–Crippen MR) is 134 cm³/mol. The van der Waals surface area contributed by atoms with E-state index in [0.29, 0.717) is 31.2 Å². The Labute approximate surface area is 199 Å². The number of carboxylic acid groups (broad SMARTS) is 1. The highest BCUT2D eigenvalue weighted by Gasteiger charge is 2.16. The molecule has 0 amide bonds. The quantitative estimate of drug-likeness (QED) is 0.372.